The van der Waals surface area contributed by atoms with E-state index in [1.54, 1.807) is 0 Å². The van der Waals surface area contributed by atoms with Gasteiger partial charge in [-0.2, -0.15) is 0 Å². The first-order valence-corrected chi connectivity index (χ1v) is 9.23. The van der Waals surface area contributed by atoms with Gasteiger partial charge in [0.2, 0.25) is 10.0 Å². The van der Waals surface area contributed by atoms with Crippen molar-refractivity contribution >= 4 is 33.2 Å². The highest BCUT2D eigenvalue weighted by Crippen LogP contribution is 2.22. The molecule has 1 aromatic carbocycles. The lowest BCUT2D eigenvalue weighted by Gasteiger charge is -2.21. The first kappa shape index (κ1) is 17.1. The Hall–Kier alpha value is -1.31. The molecule has 6 nitrogen and oxygen atoms in total. The first-order valence-electron chi connectivity index (χ1n) is 6.96. The van der Waals surface area contributed by atoms with Gasteiger partial charge in [0.1, 0.15) is 0 Å². The number of hydrogen-bond acceptors (Lipinski definition) is 4. The van der Waals surface area contributed by atoms with E-state index in [-0.39, 0.29) is 23.4 Å². The Balaban J connectivity index is 2.18. The van der Waals surface area contributed by atoms with Crippen LogP contribution >= 0.6 is 11.6 Å². The van der Waals surface area contributed by atoms with Crippen LogP contribution in [0, 0.1) is 0 Å². The maximum Gasteiger partial charge on any atom is 0.253 e. The normalized spacial score (nSPS) is 19.7. The third-order valence-corrected chi connectivity index (χ3v) is 4.23. The average Bonchev–Trinajstić information content (AvgIpc) is 2.93. The fraction of sp³-hybridized carbons (Fsp3) is 0.500. The van der Waals surface area contributed by atoms with Crippen molar-refractivity contribution in [2.24, 2.45) is 0 Å². The highest BCUT2D eigenvalue weighted by molar-refractivity contribution is 7.92. The smallest absolute Gasteiger partial charge is 0.253 e. The molecule has 1 fully saturated rings. The second-order valence-corrected chi connectivity index (χ2v) is 7.56. The Morgan fingerprint density at radius 1 is 1.45 bits per heavy atom. The van der Waals surface area contributed by atoms with Gasteiger partial charge in [-0.15, -0.1) is 0 Å². The van der Waals surface area contributed by atoms with Crippen LogP contribution in [-0.2, 0) is 14.8 Å². The topological polar surface area (TPSA) is 84.5 Å². The van der Waals surface area contributed by atoms with Gasteiger partial charge in [-0.1, -0.05) is 11.6 Å². The minimum atomic E-state index is -3.49. The number of anilines is 1. The Kier molecular flexibility index (Phi) is 5.31. The third-order valence-electron chi connectivity index (χ3n) is 3.40. The Bertz CT molecular complexity index is 657. The van der Waals surface area contributed by atoms with Crippen molar-refractivity contribution < 1.29 is 17.9 Å². The van der Waals surface area contributed by atoms with Gasteiger partial charge in [-0.3, -0.25) is 9.52 Å². The number of sulfonamides is 1. The van der Waals surface area contributed by atoms with Crippen LogP contribution in [0.1, 0.15) is 30.1 Å². The zero-order valence-corrected chi connectivity index (χ0v) is 14.0. The molecule has 1 aromatic rings. The molecule has 1 aliphatic heterocycles. The lowest BCUT2D eigenvalue weighted by molar-refractivity contribution is 0.0713. The van der Waals surface area contributed by atoms with Crippen LogP contribution in [0.25, 0.3) is 0 Å². The van der Waals surface area contributed by atoms with Crippen LogP contribution in [0.5, 0.6) is 0 Å². The maximum atomic E-state index is 12.4. The van der Waals surface area contributed by atoms with E-state index < -0.39 is 15.9 Å². The maximum absolute atomic E-state index is 12.4. The van der Waals surface area contributed by atoms with Crippen molar-refractivity contribution in [3.63, 3.8) is 0 Å². The van der Waals surface area contributed by atoms with Gasteiger partial charge in [0.25, 0.3) is 5.91 Å². The number of ether oxygens (including phenoxy) is 1. The second kappa shape index (κ2) is 6.85. The summed E-state index contributed by atoms with van der Waals surface area (Å²) in [7, 11) is -3.49. The molecule has 1 aliphatic rings. The van der Waals surface area contributed by atoms with Crippen molar-refractivity contribution in [3.8, 4) is 0 Å². The Morgan fingerprint density at radius 3 is 2.77 bits per heavy atom. The molecule has 2 rings (SSSR count). The molecular weight excluding hydrogens is 328 g/mol. The van der Waals surface area contributed by atoms with Crippen LogP contribution in [0.3, 0.4) is 0 Å². The molecule has 0 radical (unpaired) electrons. The number of nitrogens with one attached hydrogen (secondary N) is 2. The molecule has 8 heteroatoms. The fourth-order valence-electron chi connectivity index (χ4n) is 2.37. The molecule has 2 N–H and O–H groups in total. The van der Waals surface area contributed by atoms with Gasteiger partial charge >= 0.3 is 0 Å². The van der Waals surface area contributed by atoms with E-state index in [4.69, 9.17) is 16.3 Å². The predicted molar refractivity (Wildman–Crippen MR) is 85.8 cm³/mol. The molecule has 2 atom stereocenters. The fourth-order valence-corrected chi connectivity index (χ4v) is 3.12. The van der Waals surface area contributed by atoms with E-state index >= 15 is 0 Å². The van der Waals surface area contributed by atoms with Crippen molar-refractivity contribution in [2.75, 3.05) is 17.6 Å². The Labute approximate surface area is 135 Å². The summed E-state index contributed by atoms with van der Waals surface area (Å²) in [6, 6.07) is 4.26. The lowest BCUT2D eigenvalue weighted by atomic mass is 10.1. The van der Waals surface area contributed by atoms with Crippen molar-refractivity contribution in [2.45, 2.75) is 31.9 Å². The van der Waals surface area contributed by atoms with Gasteiger partial charge in [0.05, 0.1) is 29.7 Å². The van der Waals surface area contributed by atoms with Gasteiger partial charge in [0.15, 0.2) is 0 Å². The van der Waals surface area contributed by atoms with E-state index in [1.165, 1.54) is 18.2 Å². The standard InChI is InChI=1S/C14H19ClN2O4S/c1-9(13-4-3-7-21-13)16-14(18)11-8-10(15)5-6-12(11)17-22(2,19)20/h5-6,8-9,13,17H,3-4,7H2,1-2H3,(H,16,18)/t9-,13-/m1/s1. The molecule has 0 saturated carbocycles. The molecule has 122 valence electrons. The van der Waals surface area contributed by atoms with Crippen LogP contribution in [-0.4, -0.2) is 39.3 Å². The molecular formula is C14H19ClN2O4S. The zero-order valence-electron chi connectivity index (χ0n) is 12.4. The number of rotatable bonds is 5. The molecule has 1 heterocycles. The summed E-state index contributed by atoms with van der Waals surface area (Å²) in [5.74, 6) is -0.392. The molecule has 0 aliphatic carbocycles. The van der Waals surface area contributed by atoms with Crippen molar-refractivity contribution in [1.29, 1.82) is 0 Å². The molecule has 0 aromatic heterocycles. The molecule has 22 heavy (non-hydrogen) atoms. The number of amides is 1. The third kappa shape index (κ3) is 4.59. The summed E-state index contributed by atoms with van der Waals surface area (Å²) < 4.78 is 30.6. The summed E-state index contributed by atoms with van der Waals surface area (Å²) in [4.78, 5) is 12.4. The molecule has 0 bridgehead atoms. The summed E-state index contributed by atoms with van der Waals surface area (Å²) in [5.41, 5.74) is 0.381. The van der Waals surface area contributed by atoms with Crippen LogP contribution in [0.2, 0.25) is 5.02 Å². The highest BCUT2D eigenvalue weighted by Gasteiger charge is 2.25. The summed E-state index contributed by atoms with van der Waals surface area (Å²) >= 11 is 5.91. The van der Waals surface area contributed by atoms with Crippen LogP contribution in [0.15, 0.2) is 18.2 Å². The number of carbonyl (C=O) groups is 1. The number of halogens is 1. The SMILES string of the molecule is C[C@@H](NC(=O)c1cc(Cl)ccc1NS(C)(=O)=O)[C@H]1CCCO1. The second-order valence-electron chi connectivity index (χ2n) is 5.38. The molecule has 0 spiro atoms. The van der Waals surface area contributed by atoms with Crippen LogP contribution < -0.4 is 10.0 Å². The first-order chi connectivity index (χ1) is 10.3. The van der Waals surface area contributed by atoms with E-state index in [9.17, 15) is 13.2 Å². The van der Waals surface area contributed by atoms with E-state index in [0.29, 0.717) is 11.6 Å². The zero-order chi connectivity index (χ0) is 16.3. The van der Waals surface area contributed by atoms with Gasteiger partial charge in [-0.05, 0) is 38.0 Å². The Morgan fingerprint density at radius 2 is 2.18 bits per heavy atom. The number of carbonyl (C=O) groups excluding carboxylic acids is 1. The molecule has 1 saturated heterocycles. The lowest BCUT2D eigenvalue weighted by Crippen LogP contribution is -2.41. The van der Waals surface area contributed by atoms with Crippen molar-refractivity contribution in [1.82, 2.24) is 5.32 Å². The van der Waals surface area contributed by atoms with E-state index in [2.05, 4.69) is 10.0 Å². The van der Waals surface area contributed by atoms with Gasteiger partial charge < -0.3 is 10.1 Å². The minimum Gasteiger partial charge on any atom is -0.376 e. The number of benzene rings is 1. The van der Waals surface area contributed by atoms with E-state index in [1.807, 2.05) is 6.92 Å². The van der Waals surface area contributed by atoms with Crippen molar-refractivity contribution in [3.05, 3.63) is 28.8 Å². The summed E-state index contributed by atoms with van der Waals surface area (Å²) in [5, 5.41) is 3.19. The monoisotopic (exact) mass is 346 g/mol. The number of hydrogen-bond donors (Lipinski definition) is 2. The minimum absolute atomic E-state index is 0.0190. The average molecular weight is 347 g/mol. The summed E-state index contributed by atoms with van der Waals surface area (Å²) in [6.45, 7) is 2.56. The van der Waals surface area contributed by atoms with Gasteiger partial charge in [0, 0.05) is 11.6 Å². The summed E-state index contributed by atoms with van der Waals surface area (Å²) in [6.07, 6.45) is 2.88. The largest absolute Gasteiger partial charge is 0.376 e. The van der Waals surface area contributed by atoms with Crippen LogP contribution in [0.4, 0.5) is 5.69 Å². The van der Waals surface area contributed by atoms with Gasteiger partial charge in [-0.25, -0.2) is 8.42 Å². The molecule has 1 amide bonds. The van der Waals surface area contributed by atoms with E-state index in [0.717, 1.165) is 19.1 Å². The quantitative estimate of drug-likeness (QED) is 0.854. The predicted octanol–water partition coefficient (Wildman–Crippen LogP) is 2.01. The molecule has 0 unspecified atom stereocenters. The highest BCUT2D eigenvalue weighted by atomic mass is 35.5.